The number of pyridine rings is 1. The molecule has 0 bridgehead atoms. The molecule has 0 spiro atoms. The van der Waals surface area contributed by atoms with Crippen molar-refractivity contribution in [3.8, 4) is 17.0 Å². The van der Waals surface area contributed by atoms with E-state index < -0.39 is 0 Å². The lowest BCUT2D eigenvalue weighted by Gasteiger charge is -2.34. The molecule has 4 aromatic rings. The van der Waals surface area contributed by atoms with E-state index in [2.05, 4.69) is 46.1 Å². The first-order valence-electron chi connectivity index (χ1n) is 10.1. The Balaban J connectivity index is 1.39. The average Bonchev–Trinajstić information content (AvgIpc) is 3.23. The topological polar surface area (TPSA) is 68.4 Å². The molecule has 1 fully saturated rings. The summed E-state index contributed by atoms with van der Waals surface area (Å²) in [5.74, 6) is 0.910. The molecule has 0 N–H and O–H groups in total. The molecule has 29 heavy (non-hydrogen) atoms. The van der Waals surface area contributed by atoms with E-state index in [1.165, 1.54) is 0 Å². The molecule has 0 aliphatic carbocycles. The van der Waals surface area contributed by atoms with Gasteiger partial charge in [0.1, 0.15) is 18.2 Å². The van der Waals surface area contributed by atoms with E-state index in [1.807, 2.05) is 24.4 Å². The summed E-state index contributed by atoms with van der Waals surface area (Å²) in [4.78, 5) is 6.75. The van der Waals surface area contributed by atoms with Crippen LogP contribution in [0, 0.1) is 0 Å². The zero-order valence-corrected chi connectivity index (χ0v) is 16.7. The highest BCUT2D eigenvalue weighted by Gasteiger charge is 2.22. The molecule has 0 unspecified atom stereocenters. The Morgan fingerprint density at radius 1 is 1.03 bits per heavy atom. The van der Waals surface area contributed by atoms with Crippen LogP contribution in [0.25, 0.3) is 27.7 Å². The minimum absolute atomic E-state index is 0.286. The minimum atomic E-state index is 0.286. The second-order valence-corrected chi connectivity index (χ2v) is 7.84. The van der Waals surface area contributed by atoms with Crippen LogP contribution in [-0.2, 0) is 0 Å². The number of piperidine rings is 1. The van der Waals surface area contributed by atoms with Gasteiger partial charge in [-0.1, -0.05) is 0 Å². The van der Waals surface area contributed by atoms with Gasteiger partial charge in [0.25, 0.3) is 0 Å². The predicted molar refractivity (Wildman–Crippen MR) is 112 cm³/mol. The molecular weight excluding hydrogens is 364 g/mol. The van der Waals surface area contributed by atoms with Crippen molar-refractivity contribution in [3.63, 3.8) is 0 Å². The molecule has 5 rings (SSSR count). The van der Waals surface area contributed by atoms with Gasteiger partial charge in [0.05, 0.1) is 5.69 Å². The van der Waals surface area contributed by atoms with Crippen molar-refractivity contribution in [1.82, 2.24) is 29.7 Å². The Labute approximate surface area is 169 Å². The average molecular weight is 388 g/mol. The van der Waals surface area contributed by atoms with Gasteiger partial charge in [-0.25, -0.2) is 0 Å². The van der Waals surface area contributed by atoms with Gasteiger partial charge in [0.15, 0.2) is 5.65 Å². The first kappa shape index (κ1) is 18.0. The quantitative estimate of drug-likeness (QED) is 0.532. The molecule has 7 heteroatoms. The second-order valence-electron chi connectivity index (χ2n) is 7.84. The third-order valence-electron chi connectivity index (χ3n) is 5.69. The van der Waals surface area contributed by atoms with Crippen LogP contribution in [0.2, 0.25) is 0 Å². The van der Waals surface area contributed by atoms with Crippen LogP contribution in [0.15, 0.2) is 49.1 Å². The number of aromatic nitrogens is 5. The molecule has 0 radical (unpaired) electrons. The SMILES string of the molecule is CC(C)N1CCC(Oc2ccc(-c3nn4cnnc4c4cnccc34)cc2)CC1. The van der Waals surface area contributed by atoms with E-state index >= 15 is 0 Å². The van der Waals surface area contributed by atoms with Crippen molar-refractivity contribution < 1.29 is 4.74 Å². The summed E-state index contributed by atoms with van der Waals surface area (Å²) in [5.41, 5.74) is 2.62. The van der Waals surface area contributed by atoms with E-state index in [1.54, 1.807) is 17.0 Å². The van der Waals surface area contributed by atoms with Crippen molar-refractivity contribution in [2.75, 3.05) is 13.1 Å². The number of rotatable bonds is 4. The van der Waals surface area contributed by atoms with Gasteiger partial charge >= 0.3 is 0 Å². The summed E-state index contributed by atoms with van der Waals surface area (Å²) in [6, 6.07) is 10.8. The molecule has 0 saturated carbocycles. The Bertz CT molecular complexity index is 1130. The summed E-state index contributed by atoms with van der Waals surface area (Å²) in [6.07, 6.45) is 7.64. The second kappa shape index (κ2) is 7.40. The van der Waals surface area contributed by atoms with Gasteiger partial charge in [-0.05, 0) is 57.0 Å². The number of benzene rings is 1. The Morgan fingerprint density at radius 2 is 1.83 bits per heavy atom. The van der Waals surface area contributed by atoms with Gasteiger partial charge in [0.2, 0.25) is 0 Å². The van der Waals surface area contributed by atoms with E-state index in [0.717, 1.165) is 53.7 Å². The highest BCUT2D eigenvalue weighted by molar-refractivity contribution is 6.00. The Kier molecular flexibility index (Phi) is 4.60. The Morgan fingerprint density at radius 3 is 2.59 bits per heavy atom. The molecule has 148 valence electrons. The number of nitrogens with zero attached hydrogens (tertiary/aromatic N) is 6. The van der Waals surface area contributed by atoms with E-state index in [-0.39, 0.29) is 6.10 Å². The lowest BCUT2D eigenvalue weighted by molar-refractivity contribution is 0.0843. The molecule has 1 aliphatic rings. The zero-order chi connectivity index (χ0) is 19.8. The van der Waals surface area contributed by atoms with Gasteiger partial charge in [-0.2, -0.15) is 9.61 Å². The molecule has 0 atom stereocenters. The lowest BCUT2D eigenvalue weighted by atomic mass is 10.1. The third-order valence-corrected chi connectivity index (χ3v) is 5.69. The molecule has 3 aromatic heterocycles. The van der Waals surface area contributed by atoms with Crippen molar-refractivity contribution in [1.29, 1.82) is 0 Å². The fraction of sp³-hybridized carbons (Fsp3) is 0.364. The Hall–Kier alpha value is -3.06. The van der Waals surface area contributed by atoms with Gasteiger partial charge in [0, 0.05) is 47.9 Å². The van der Waals surface area contributed by atoms with Crippen LogP contribution in [0.4, 0.5) is 0 Å². The highest BCUT2D eigenvalue weighted by atomic mass is 16.5. The van der Waals surface area contributed by atoms with Gasteiger partial charge in [-0.3, -0.25) is 4.98 Å². The summed E-state index contributed by atoms with van der Waals surface area (Å²) < 4.78 is 7.94. The molecule has 1 aliphatic heterocycles. The summed E-state index contributed by atoms with van der Waals surface area (Å²) in [5, 5.41) is 14.8. The van der Waals surface area contributed by atoms with Gasteiger partial charge < -0.3 is 9.64 Å². The number of likely N-dealkylation sites (tertiary alicyclic amines) is 1. The van der Waals surface area contributed by atoms with E-state index in [4.69, 9.17) is 9.84 Å². The predicted octanol–water partition coefficient (Wildman–Crippen LogP) is 3.59. The van der Waals surface area contributed by atoms with Crippen LogP contribution >= 0.6 is 0 Å². The van der Waals surface area contributed by atoms with Crippen molar-refractivity contribution in [2.24, 2.45) is 0 Å². The molecule has 4 heterocycles. The van der Waals surface area contributed by atoms with Crippen LogP contribution in [0.3, 0.4) is 0 Å². The summed E-state index contributed by atoms with van der Waals surface area (Å²) >= 11 is 0. The van der Waals surface area contributed by atoms with Gasteiger partial charge in [-0.15, -0.1) is 10.2 Å². The summed E-state index contributed by atoms with van der Waals surface area (Å²) in [7, 11) is 0. The number of ether oxygens (including phenoxy) is 1. The molecule has 1 aromatic carbocycles. The fourth-order valence-electron chi connectivity index (χ4n) is 4.03. The van der Waals surface area contributed by atoms with Crippen LogP contribution in [0.5, 0.6) is 5.75 Å². The maximum atomic E-state index is 6.24. The molecule has 1 saturated heterocycles. The first-order valence-corrected chi connectivity index (χ1v) is 10.1. The highest BCUT2D eigenvalue weighted by Crippen LogP contribution is 2.29. The normalized spacial score (nSPS) is 16.1. The maximum Gasteiger partial charge on any atom is 0.186 e. The standard InChI is InChI=1S/C22H24N6O/c1-15(2)27-11-8-18(9-12-27)29-17-5-3-16(4-6-17)21-19-7-10-23-13-20(19)22-25-24-14-28(22)26-21/h3-7,10,13-15,18H,8-9,11-12H2,1-2H3. The monoisotopic (exact) mass is 388 g/mol. The first-order chi connectivity index (χ1) is 14.2. The van der Waals surface area contributed by atoms with Crippen molar-refractivity contribution >= 4 is 16.4 Å². The summed E-state index contributed by atoms with van der Waals surface area (Å²) in [6.45, 7) is 6.71. The van der Waals surface area contributed by atoms with E-state index in [0.29, 0.717) is 11.7 Å². The van der Waals surface area contributed by atoms with Crippen molar-refractivity contribution in [3.05, 3.63) is 49.1 Å². The number of fused-ring (bicyclic) bond motifs is 3. The molecule has 0 amide bonds. The van der Waals surface area contributed by atoms with E-state index in [9.17, 15) is 0 Å². The smallest absolute Gasteiger partial charge is 0.186 e. The fourth-order valence-corrected chi connectivity index (χ4v) is 4.03. The molecule has 7 nitrogen and oxygen atoms in total. The van der Waals surface area contributed by atoms with Crippen LogP contribution in [0.1, 0.15) is 26.7 Å². The minimum Gasteiger partial charge on any atom is -0.490 e. The van der Waals surface area contributed by atoms with Crippen molar-refractivity contribution in [2.45, 2.75) is 38.8 Å². The van der Waals surface area contributed by atoms with Crippen LogP contribution < -0.4 is 4.74 Å². The largest absolute Gasteiger partial charge is 0.490 e. The van der Waals surface area contributed by atoms with Crippen LogP contribution in [-0.4, -0.2) is 54.9 Å². The maximum absolute atomic E-state index is 6.24. The number of hydrogen-bond acceptors (Lipinski definition) is 6. The zero-order valence-electron chi connectivity index (χ0n) is 16.7. The third kappa shape index (κ3) is 3.42. The molecular formula is C22H24N6O. The number of hydrogen-bond donors (Lipinski definition) is 0. The lowest BCUT2D eigenvalue weighted by Crippen LogP contribution is -2.41.